The van der Waals surface area contributed by atoms with Gasteiger partial charge in [-0.15, -0.1) is 0 Å². The zero-order chi connectivity index (χ0) is 20.1. The molecule has 0 spiro atoms. The normalized spacial score (nSPS) is 26.3. The van der Waals surface area contributed by atoms with Crippen LogP contribution in [0.25, 0.3) is 0 Å². The Labute approximate surface area is 169 Å². The SMILES string of the molecule is Cc1cccc(CN2CCC(F)(F)CC2)c1OCCCN1CC(C)CC(C)C1. The van der Waals surface area contributed by atoms with E-state index in [0.29, 0.717) is 26.2 Å². The molecule has 2 aliphatic rings. The summed E-state index contributed by atoms with van der Waals surface area (Å²) in [5.74, 6) is 0.0145. The molecule has 0 radical (unpaired) electrons. The Bertz CT molecular complexity index is 617. The zero-order valence-electron chi connectivity index (χ0n) is 17.7. The van der Waals surface area contributed by atoms with E-state index < -0.39 is 5.92 Å². The number of likely N-dealkylation sites (tertiary alicyclic amines) is 2. The monoisotopic (exact) mass is 394 g/mol. The van der Waals surface area contributed by atoms with Gasteiger partial charge in [0.05, 0.1) is 6.61 Å². The van der Waals surface area contributed by atoms with Gasteiger partial charge in [0, 0.05) is 57.7 Å². The average Bonchev–Trinajstić information content (AvgIpc) is 2.61. The Kier molecular flexibility index (Phi) is 7.32. The highest BCUT2D eigenvalue weighted by molar-refractivity contribution is 5.40. The van der Waals surface area contributed by atoms with Crippen molar-refractivity contribution in [3.8, 4) is 5.75 Å². The topological polar surface area (TPSA) is 15.7 Å². The van der Waals surface area contributed by atoms with E-state index in [2.05, 4.69) is 42.7 Å². The fraction of sp³-hybridized carbons (Fsp3) is 0.739. The fourth-order valence-electron chi connectivity index (χ4n) is 4.76. The fourth-order valence-corrected chi connectivity index (χ4v) is 4.76. The van der Waals surface area contributed by atoms with Crippen LogP contribution in [0, 0.1) is 18.8 Å². The van der Waals surface area contributed by atoms with Gasteiger partial charge in [0.25, 0.3) is 5.92 Å². The molecule has 2 fully saturated rings. The summed E-state index contributed by atoms with van der Waals surface area (Å²) >= 11 is 0. The van der Waals surface area contributed by atoms with E-state index in [1.807, 2.05) is 6.07 Å². The molecule has 0 bridgehead atoms. The van der Waals surface area contributed by atoms with Crippen LogP contribution < -0.4 is 4.74 Å². The first-order valence-corrected chi connectivity index (χ1v) is 10.9. The van der Waals surface area contributed by atoms with E-state index in [-0.39, 0.29) is 12.8 Å². The van der Waals surface area contributed by atoms with Crippen LogP contribution in [0.4, 0.5) is 8.78 Å². The van der Waals surface area contributed by atoms with E-state index in [0.717, 1.165) is 41.7 Å². The molecule has 2 aliphatic heterocycles. The largest absolute Gasteiger partial charge is 0.493 e. The van der Waals surface area contributed by atoms with Crippen molar-refractivity contribution in [2.24, 2.45) is 11.8 Å². The van der Waals surface area contributed by atoms with Crippen LogP contribution in [-0.2, 0) is 6.54 Å². The number of benzene rings is 1. The summed E-state index contributed by atoms with van der Waals surface area (Å²) in [4.78, 5) is 4.68. The highest BCUT2D eigenvalue weighted by Crippen LogP contribution is 2.31. The molecule has 158 valence electrons. The number of aryl methyl sites for hydroxylation is 1. The predicted octanol–water partition coefficient (Wildman–Crippen LogP) is 4.97. The van der Waals surface area contributed by atoms with Crippen LogP contribution in [0.5, 0.6) is 5.75 Å². The lowest BCUT2D eigenvalue weighted by molar-refractivity contribution is -0.0567. The molecule has 2 unspecified atom stereocenters. The standard InChI is InChI=1S/C23H36F2N2O/c1-18-14-19(2)16-27(15-18)10-5-13-28-22-20(3)6-4-7-21(22)17-26-11-8-23(24,25)9-12-26/h4,6-7,18-19H,5,8-17H2,1-3H3. The Balaban J connectivity index is 1.50. The number of ether oxygens (including phenoxy) is 1. The maximum absolute atomic E-state index is 13.4. The molecule has 2 atom stereocenters. The number of para-hydroxylation sites is 1. The third-order valence-corrected chi connectivity index (χ3v) is 6.08. The van der Waals surface area contributed by atoms with E-state index in [9.17, 15) is 8.78 Å². The molecule has 3 rings (SSSR count). The van der Waals surface area contributed by atoms with Gasteiger partial charge in [-0.3, -0.25) is 4.90 Å². The van der Waals surface area contributed by atoms with Crippen LogP contribution in [0.15, 0.2) is 18.2 Å². The Morgan fingerprint density at radius 1 is 1.07 bits per heavy atom. The summed E-state index contributed by atoms with van der Waals surface area (Å²) in [5.41, 5.74) is 2.24. The van der Waals surface area contributed by atoms with Gasteiger partial charge in [0.15, 0.2) is 0 Å². The zero-order valence-corrected chi connectivity index (χ0v) is 17.7. The average molecular weight is 395 g/mol. The van der Waals surface area contributed by atoms with Crippen LogP contribution in [0.3, 0.4) is 0 Å². The van der Waals surface area contributed by atoms with E-state index >= 15 is 0 Å². The molecular weight excluding hydrogens is 358 g/mol. The summed E-state index contributed by atoms with van der Waals surface area (Å²) in [7, 11) is 0. The first kappa shape index (κ1) is 21.5. The second kappa shape index (κ2) is 9.53. The minimum Gasteiger partial charge on any atom is -0.493 e. The molecule has 28 heavy (non-hydrogen) atoms. The van der Waals surface area contributed by atoms with Gasteiger partial charge in [-0.1, -0.05) is 32.0 Å². The second-order valence-corrected chi connectivity index (χ2v) is 9.10. The van der Waals surface area contributed by atoms with Crippen molar-refractivity contribution >= 4 is 0 Å². The quantitative estimate of drug-likeness (QED) is 0.607. The minimum absolute atomic E-state index is 0.0400. The number of piperidine rings is 2. The molecule has 0 saturated carbocycles. The van der Waals surface area contributed by atoms with Crippen LogP contribution in [0.1, 0.15) is 50.7 Å². The maximum Gasteiger partial charge on any atom is 0.250 e. The number of hydrogen-bond donors (Lipinski definition) is 0. The number of nitrogens with zero attached hydrogens (tertiary/aromatic N) is 2. The summed E-state index contributed by atoms with van der Waals surface area (Å²) < 4.78 is 33.0. The smallest absolute Gasteiger partial charge is 0.250 e. The van der Waals surface area contributed by atoms with Crippen molar-refractivity contribution in [3.05, 3.63) is 29.3 Å². The van der Waals surface area contributed by atoms with Crippen molar-refractivity contribution in [1.29, 1.82) is 0 Å². The minimum atomic E-state index is -2.49. The number of alkyl halides is 2. The van der Waals surface area contributed by atoms with Crippen molar-refractivity contribution in [3.63, 3.8) is 0 Å². The molecule has 2 heterocycles. The highest BCUT2D eigenvalue weighted by Gasteiger charge is 2.34. The van der Waals surface area contributed by atoms with Gasteiger partial charge in [-0.25, -0.2) is 8.78 Å². The molecule has 3 nitrogen and oxygen atoms in total. The first-order valence-electron chi connectivity index (χ1n) is 10.9. The van der Waals surface area contributed by atoms with Crippen molar-refractivity contribution in [1.82, 2.24) is 9.80 Å². The summed E-state index contributed by atoms with van der Waals surface area (Å²) in [6.07, 6.45) is 2.27. The van der Waals surface area contributed by atoms with E-state index in [1.165, 1.54) is 19.5 Å². The van der Waals surface area contributed by atoms with Gasteiger partial charge in [-0.2, -0.15) is 0 Å². The number of hydrogen-bond acceptors (Lipinski definition) is 3. The van der Waals surface area contributed by atoms with Crippen molar-refractivity contribution in [2.45, 2.75) is 58.9 Å². The lowest BCUT2D eigenvalue weighted by Crippen LogP contribution is -2.39. The predicted molar refractivity (Wildman–Crippen MR) is 110 cm³/mol. The van der Waals surface area contributed by atoms with Gasteiger partial charge in [0.2, 0.25) is 0 Å². The van der Waals surface area contributed by atoms with Crippen LogP contribution in [0.2, 0.25) is 0 Å². The molecule has 1 aromatic rings. The van der Waals surface area contributed by atoms with E-state index in [1.54, 1.807) is 0 Å². The van der Waals surface area contributed by atoms with Gasteiger partial charge in [0.1, 0.15) is 5.75 Å². The molecular formula is C23H36F2N2O. The summed E-state index contributed by atoms with van der Waals surface area (Å²) in [5, 5.41) is 0. The Hall–Kier alpha value is -1.20. The van der Waals surface area contributed by atoms with Crippen LogP contribution >= 0.6 is 0 Å². The second-order valence-electron chi connectivity index (χ2n) is 9.10. The third kappa shape index (κ3) is 6.15. The van der Waals surface area contributed by atoms with Crippen molar-refractivity contribution < 1.29 is 13.5 Å². The molecule has 2 saturated heterocycles. The molecule has 0 aromatic heterocycles. The number of rotatable bonds is 7. The maximum atomic E-state index is 13.4. The van der Waals surface area contributed by atoms with E-state index in [4.69, 9.17) is 4.74 Å². The van der Waals surface area contributed by atoms with Crippen molar-refractivity contribution in [2.75, 3.05) is 39.3 Å². The van der Waals surface area contributed by atoms with Gasteiger partial charge in [-0.05, 0) is 37.2 Å². The van der Waals surface area contributed by atoms with Gasteiger partial charge >= 0.3 is 0 Å². The summed E-state index contributed by atoms with van der Waals surface area (Å²) in [6, 6.07) is 6.17. The molecule has 0 N–H and O–H groups in total. The Morgan fingerprint density at radius 2 is 1.75 bits per heavy atom. The third-order valence-electron chi connectivity index (χ3n) is 6.08. The number of halogens is 2. The molecule has 0 amide bonds. The molecule has 1 aromatic carbocycles. The van der Waals surface area contributed by atoms with Crippen LogP contribution in [-0.4, -0.2) is 55.1 Å². The lowest BCUT2D eigenvalue weighted by Gasteiger charge is -2.35. The molecule has 5 heteroatoms. The lowest BCUT2D eigenvalue weighted by atomic mass is 9.92. The van der Waals surface area contributed by atoms with Gasteiger partial charge < -0.3 is 9.64 Å². The molecule has 0 aliphatic carbocycles. The Morgan fingerprint density at radius 3 is 2.43 bits per heavy atom. The highest BCUT2D eigenvalue weighted by atomic mass is 19.3. The first-order chi connectivity index (χ1) is 13.3. The summed E-state index contributed by atoms with van der Waals surface area (Å²) in [6.45, 7) is 12.5.